The summed E-state index contributed by atoms with van der Waals surface area (Å²) in [6, 6.07) is 0. The van der Waals surface area contributed by atoms with Gasteiger partial charge in [0.25, 0.3) is 0 Å². The highest BCUT2D eigenvalue weighted by Crippen LogP contribution is 2.41. The molecule has 0 radical (unpaired) electrons. The van der Waals surface area contributed by atoms with Crippen LogP contribution in [0.3, 0.4) is 0 Å². The molecule has 0 fully saturated rings. The zero-order valence-electron chi connectivity index (χ0n) is 16.7. The minimum Gasteiger partial charge on any atom is -0.478 e. The number of hydrogen-bond acceptors (Lipinski definition) is 3. The summed E-state index contributed by atoms with van der Waals surface area (Å²) in [5, 5.41) is 1.85. The first-order chi connectivity index (χ1) is 10.9. The van der Waals surface area contributed by atoms with E-state index in [9.17, 15) is 4.79 Å². The molecule has 24 heavy (non-hydrogen) atoms. The minimum atomic E-state index is -1.65. The molecule has 1 heterocycles. The van der Waals surface area contributed by atoms with E-state index in [1.807, 2.05) is 0 Å². The number of carbonyl (C=O) groups excluding carboxylic acids is 1. The van der Waals surface area contributed by atoms with Crippen LogP contribution in [0.1, 0.15) is 49.4 Å². The van der Waals surface area contributed by atoms with Crippen LogP contribution in [0.25, 0.3) is 0 Å². The molecule has 0 bridgehead atoms. The Kier molecular flexibility index (Phi) is 4.93. The highest BCUT2D eigenvalue weighted by molar-refractivity contribution is 6.92. The first kappa shape index (κ1) is 19.0. The van der Waals surface area contributed by atoms with Crippen molar-refractivity contribution in [1.29, 1.82) is 0 Å². The topological polar surface area (TPSA) is 35.5 Å². The van der Waals surface area contributed by atoms with E-state index >= 15 is 0 Å². The van der Waals surface area contributed by atoms with Crippen LogP contribution in [-0.4, -0.2) is 27.3 Å². The maximum atomic E-state index is 11.9. The fraction of sp³-hybridized carbons (Fsp3) is 0.650. The fourth-order valence-electron chi connectivity index (χ4n) is 3.73. The van der Waals surface area contributed by atoms with Gasteiger partial charge in [-0.15, -0.1) is 0 Å². The maximum Gasteiger partial charge on any atom is 0.347 e. The summed E-state index contributed by atoms with van der Waals surface area (Å²) in [5.41, 5.74) is 5.19. The number of ether oxygens (including phenoxy) is 2. The van der Waals surface area contributed by atoms with Crippen LogP contribution >= 0.6 is 0 Å². The molecule has 3 nitrogen and oxygen atoms in total. The average molecular weight is 349 g/mol. The van der Waals surface area contributed by atoms with Gasteiger partial charge in [0.15, 0.2) is 6.10 Å². The minimum absolute atomic E-state index is 0.274. The third-order valence-electron chi connectivity index (χ3n) is 6.26. The van der Waals surface area contributed by atoms with Crippen LogP contribution in [0.15, 0.2) is 0 Å². The van der Waals surface area contributed by atoms with Gasteiger partial charge in [-0.05, 0) is 60.9 Å². The molecule has 2 rings (SSSR count). The van der Waals surface area contributed by atoms with Gasteiger partial charge in [-0.3, -0.25) is 0 Å². The van der Waals surface area contributed by atoms with Gasteiger partial charge in [0, 0.05) is 0 Å². The highest BCUT2D eigenvalue weighted by Gasteiger charge is 2.41. The summed E-state index contributed by atoms with van der Waals surface area (Å²) >= 11 is 0. The first-order valence-electron chi connectivity index (χ1n) is 8.81. The molecule has 1 aromatic rings. The van der Waals surface area contributed by atoms with Crippen molar-refractivity contribution < 1.29 is 14.3 Å². The standard InChI is InChI=1S/C20H32O3Si/c1-12-13(2)18(24(8,9)20(4,5)6)14(3)15-10-11-16(19(21)22-7)23-17(12)15/h16H,10-11H2,1-9H3. The van der Waals surface area contributed by atoms with Crippen molar-refractivity contribution in [3.63, 3.8) is 0 Å². The third-order valence-corrected chi connectivity index (χ3v) is 12.0. The summed E-state index contributed by atoms with van der Waals surface area (Å²) in [4.78, 5) is 11.9. The monoisotopic (exact) mass is 348 g/mol. The Morgan fingerprint density at radius 1 is 1.12 bits per heavy atom. The fourth-order valence-corrected chi connectivity index (χ4v) is 6.70. The smallest absolute Gasteiger partial charge is 0.347 e. The van der Waals surface area contributed by atoms with Crippen molar-refractivity contribution in [2.45, 2.75) is 78.6 Å². The Morgan fingerprint density at radius 2 is 1.71 bits per heavy atom. The van der Waals surface area contributed by atoms with Gasteiger partial charge in [0.05, 0.1) is 15.2 Å². The number of rotatable bonds is 2. The van der Waals surface area contributed by atoms with Crippen LogP contribution in [0.5, 0.6) is 5.75 Å². The summed E-state index contributed by atoms with van der Waals surface area (Å²) in [6.07, 6.45) is 1.10. The van der Waals surface area contributed by atoms with E-state index in [-0.39, 0.29) is 11.0 Å². The third kappa shape index (κ3) is 2.89. The number of benzene rings is 1. The molecule has 1 aliphatic rings. The highest BCUT2D eigenvalue weighted by atomic mass is 28.3. The van der Waals surface area contributed by atoms with Gasteiger partial charge in [-0.2, -0.15) is 0 Å². The molecule has 0 aliphatic carbocycles. The molecule has 0 aromatic heterocycles. The van der Waals surface area contributed by atoms with Crippen LogP contribution < -0.4 is 9.92 Å². The van der Waals surface area contributed by atoms with Gasteiger partial charge in [0.2, 0.25) is 0 Å². The molecule has 134 valence electrons. The Morgan fingerprint density at radius 3 is 2.21 bits per heavy atom. The van der Waals surface area contributed by atoms with Crippen LogP contribution in [0, 0.1) is 20.8 Å². The predicted molar refractivity (Wildman–Crippen MR) is 102 cm³/mol. The zero-order valence-corrected chi connectivity index (χ0v) is 17.7. The molecule has 0 saturated carbocycles. The van der Waals surface area contributed by atoms with Gasteiger partial charge >= 0.3 is 5.97 Å². The van der Waals surface area contributed by atoms with E-state index in [1.165, 1.54) is 29.4 Å². The van der Waals surface area contributed by atoms with Crippen molar-refractivity contribution >= 4 is 19.2 Å². The summed E-state index contributed by atoms with van der Waals surface area (Å²) in [6.45, 7) is 18.6. The lowest BCUT2D eigenvalue weighted by molar-refractivity contribution is -0.149. The van der Waals surface area contributed by atoms with E-state index < -0.39 is 14.2 Å². The molecule has 4 heteroatoms. The van der Waals surface area contributed by atoms with Crippen LogP contribution in [0.4, 0.5) is 0 Å². The average Bonchev–Trinajstić information content (AvgIpc) is 2.50. The van der Waals surface area contributed by atoms with Crippen LogP contribution in [-0.2, 0) is 16.0 Å². The van der Waals surface area contributed by atoms with E-state index in [0.29, 0.717) is 6.42 Å². The second-order valence-corrected chi connectivity index (χ2v) is 13.9. The zero-order chi connectivity index (χ0) is 18.4. The lowest BCUT2D eigenvalue weighted by Gasteiger charge is -2.41. The SMILES string of the molecule is COC(=O)C1CCc2c(C)c([Si](C)(C)C(C)(C)C)c(C)c(C)c2O1. The van der Waals surface area contributed by atoms with E-state index in [4.69, 9.17) is 9.47 Å². The van der Waals surface area contributed by atoms with Gasteiger partial charge < -0.3 is 9.47 Å². The Balaban J connectivity index is 2.63. The van der Waals surface area contributed by atoms with E-state index in [0.717, 1.165) is 12.2 Å². The van der Waals surface area contributed by atoms with Crippen molar-refractivity contribution in [2.75, 3.05) is 7.11 Å². The van der Waals surface area contributed by atoms with Gasteiger partial charge in [-0.1, -0.05) is 39.1 Å². The van der Waals surface area contributed by atoms with Crippen LogP contribution in [0.2, 0.25) is 18.1 Å². The van der Waals surface area contributed by atoms with E-state index in [2.05, 4.69) is 54.6 Å². The summed E-state index contributed by atoms with van der Waals surface area (Å²) in [7, 11) is -0.232. The number of fused-ring (bicyclic) bond motifs is 1. The molecular weight excluding hydrogens is 316 g/mol. The molecule has 1 aliphatic heterocycles. The number of methoxy groups -OCH3 is 1. The van der Waals surface area contributed by atoms with Crippen molar-refractivity contribution in [2.24, 2.45) is 0 Å². The lowest BCUT2D eigenvalue weighted by Crippen LogP contribution is -2.52. The molecule has 0 spiro atoms. The molecular formula is C20H32O3Si. The molecule has 0 N–H and O–H groups in total. The summed E-state index contributed by atoms with van der Waals surface area (Å²) in [5.74, 6) is 0.637. The molecule has 1 atom stereocenters. The Hall–Kier alpha value is -1.29. The Bertz CT molecular complexity index is 669. The van der Waals surface area contributed by atoms with Crippen molar-refractivity contribution in [3.05, 3.63) is 22.3 Å². The summed E-state index contributed by atoms with van der Waals surface area (Å²) < 4.78 is 10.9. The number of hydrogen-bond donors (Lipinski definition) is 0. The second kappa shape index (κ2) is 6.21. The van der Waals surface area contributed by atoms with Crippen molar-refractivity contribution in [3.8, 4) is 5.75 Å². The molecule has 1 aromatic carbocycles. The second-order valence-electron chi connectivity index (χ2n) is 8.60. The Labute approximate surface area is 147 Å². The maximum absolute atomic E-state index is 11.9. The predicted octanol–water partition coefficient (Wildman–Crippen LogP) is 4.19. The number of carbonyl (C=O) groups is 1. The van der Waals surface area contributed by atoms with E-state index in [1.54, 1.807) is 5.19 Å². The molecule has 1 unspecified atom stereocenters. The normalized spacial score (nSPS) is 18.0. The molecule has 0 amide bonds. The quantitative estimate of drug-likeness (QED) is 0.594. The van der Waals surface area contributed by atoms with Gasteiger partial charge in [-0.25, -0.2) is 4.79 Å². The lowest BCUT2D eigenvalue weighted by atomic mass is 9.92. The molecule has 0 saturated heterocycles. The van der Waals surface area contributed by atoms with Crippen molar-refractivity contribution in [1.82, 2.24) is 0 Å². The first-order valence-corrected chi connectivity index (χ1v) is 11.8. The number of esters is 1. The largest absolute Gasteiger partial charge is 0.478 e. The van der Waals surface area contributed by atoms with Gasteiger partial charge in [0.1, 0.15) is 5.75 Å².